The van der Waals surface area contributed by atoms with Gasteiger partial charge in [0, 0.05) is 5.92 Å². The summed E-state index contributed by atoms with van der Waals surface area (Å²) in [6.45, 7) is 7.29. The molecule has 1 saturated heterocycles. The van der Waals surface area contributed by atoms with Gasteiger partial charge in [-0.05, 0) is 45.7 Å². The summed E-state index contributed by atoms with van der Waals surface area (Å²) in [5.41, 5.74) is 0.995. The van der Waals surface area contributed by atoms with Crippen LogP contribution in [0.1, 0.15) is 34.1 Å². The minimum atomic E-state index is -3.39. The Labute approximate surface area is 99.6 Å². The molecule has 1 heterocycles. The quantitative estimate of drug-likeness (QED) is 0.463. The van der Waals surface area contributed by atoms with Gasteiger partial charge in [0.25, 0.3) is 0 Å². The maximum atomic E-state index is 13.2. The van der Waals surface area contributed by atoms with E-state index in [1.807, 2.05) is 13.8 Å². The number of nitrogens with two attached hydrogens (primary N) is 1. The van der Waals surface area contributed by atoms with E-state index in [1.165, 1.54) is 0 Å². The van der Waals surface area contributed by atoms with Gasteiger partial charge in [-0.2, -0.15) is 8.78 Å². The SMILES string of the molecule is CC1(C)CC(C(NN)C(F)(F)Cl)C(C)(C)O1. The van der Waals surface area contributed by atoms with E-state index in [-0.39, 0.29) is 0 Å². The lowest BCUT2D eigenvalue weighted by molar-refractivity contribution is -0.0885. The average molecular weight is 257 g/mol. The molecule has 0 saturated carbocycles. The van der Waals surface area contributed by atoms with Gasteiger partial charge >= 0.3 is 5.38 Å². The standard InChI is InChI=1S/C10H19ClF2N2O/c1-8(2)5-6(9(3,4)16-8)7(15-14)10(11,12)13/h6-7,15H,5,14H2,1-4H3. The molecule has 0 aromatic carbocycles. The second kappa shape index (κ2) is 4.05. The largest absolute Gasteiger partial charge is 0.369 e. The highest BCUT2D eigenvalue weighted by Gasteiger charge is 2.55. The summed E-state index contributed by atoms with van der Waals surface area (Å²) in [6, 6.07) is -1.30. The Morgan fingerprint density at radius 2 is 1.94 bits per heavy atom. The minimum Gasteiger partial charge on any atom is -0.369 e. The lowest BCUT2D eigenvalue weighted by atomic mass is 9.82. The van der Waals surface area contributed by atoms with Crippen LogP contribution in [0.15, 0.2) is 0 Å². The number of hydrogen-bond donors (Lipinski definition) is 2. The van der Waals surface area contributed by atoms with Crippen LogP contribution in [0, 0.1) is 5.92 Å². The highest BCUT2D eigenvalue weighted by Crippen LogP contribution is 2.46. The Morgan fingerprint density at radius 1 is 1.44 bits per heavy atom. The summed E-state index contributed by atoms with van der Waals surface area (Å²) >= 11 is 5.07. The van der Waals surface area contributed by atoms with Crippen LogP contribution in [-0.2, 0) is 4.74 Å². The van der Waals surface area contributed by atoms with Crippen molar-refractivity contribution < 1.29 is 13.5 Å². The highest BCUT2D eigenvalue weighted by atomic mass is 35.5. The summed E-state index contributed by atoms with van der Waals surface area (Å²) in [6.07, 6.45) is 0.483. The zero-order chi connectivity index (χ0) is 12.8. The van der Waals surface area contributed by atoms with E-state index in [0.29, 0.717) is 6.42 Å². The third kappa shape index (κ3) is 2.83. The number of ether oxygens (including phenoxy) is 1. The molecule has 1 aliphatic heterocycles. The van der Waals surface area contributed by atoms with Gasteiger partial charge in [-0.3, -0.25) is 5.84 Å². The van der Waals surface area contributed by atoms with Crippen molar-refractivity contribution in [3.63, 3.8) is 0 Å². The fraction of sp³-hybridized carbons (Fsp3) is 1.00. The summed E-state index contributed by atoms with van der Waals surface area (Å²) in [5, 5.41) is -3.39. The van der Waals surface area contributed by atoms with E-state index < -0.39 is 28.5 Å². The van der Waals surface area contributed by atoms with E-state index in [0.717, 1.165) is 0 Å². The van der Waals surface area contributed by atoms with Crippen LogP contribution in [0.2, 0.25) is 0 Å². The highest BCUT2D eigenvalue weighted by molar-refractivity contribution is 6.22. The number of nitrogens with one attached hydrogen (secondary N) is 1. The molecule has 0 amide bonds. The van der Waals surface area contributed by atoms with Crippen LogP contribution in [0.5, 0.6) is 0 Å². The zero-order valence-electron chi connectivity index (χ0n) is 9.98. The molecule has 1 aliphatic rings. The van der Waals surface area contributed by atoms with Crippen LogP contribution in [0.3, 0.4) is 0 Å². The molecule has 6 heteroatoms. The first kappa shape index (κ1) is 14.1. The topological polar surface area (TPSA) is 47.3 Å². The van der Waals surface area contributed by atoms with E-state index in [4.69, 9.17) is 22.2 Å². The third-order valence-electron chi connectivity index (χ3n) is 3.08. The first-order valence-corrected chi connectivity index (χ1v) is 5.60. The number of hydrogen-bond acceptors (Lipinski definition) is 3. The molecule has 0 aromatic rings. The molecule has 16 heavy (non-hydrogen) atoms. The third-order valence-corrected chi connectivity index (χ3v) is 3.31. The second-order valence-corrected chi connectivity index (χ2v) is 5.97. The molecule has 2 unspecified atom stereocenters. The van der Waals surface area contributed by atoms with Crippen molar-refractivity contribution in [2.24, 2.45) is 11.8 Å². The van der Waals surface area contributed by atoms with Crippen LogP contribution in [0.25, 0.3) is 0 Å². The van der Waals surface area contributed by atoms with Crippen LogP contribution >= 0.6 is 11.6 Å². The predicted octanol–water partition coefficient (Wildman–Crippen LogP) is 2.24. The molecule has 1 fully saturated rings. The maximum Gasteiger partial charge on any atom is 0.338 e. The van der Waals surface area contributed by atoms with Gasteiger partial charge in [-0.25, -0.2) is 5.43 Å². The Kier molecular flexibility index (Phi) is 3.57. The molecule has 0 spiro atoms. The van der Waals surface area contributed by atoms with E-state index in [1.54, 1.807) is 13.8 Å². The van der Waals surface area contributed by atoms with Crippen molar-refractivity contribution in [3.05, 3.63) is 0 Å². The Bertz CT molecular complexity index is 266. The van der Waals surface area contributed by atoms with Gasteiger partial charge in [0.1, 0.15) is 6.04 Å². The smallest absolute Gasteiger partial charge is 0.338 e. The monoisotopic (exact) mass is 256 g/mol. The number of rotatable bonds is 3. The first-order valence-electron chi connectivity index (χ1n) is 5.23. The molecule has 3 N–H and O–H groups in total. The lowest BCUT2D eigenvalue weighted by Gasteiger charge is -2.34. The van der Waals surface area contributed by atoms with Crippen molar-refractivity contribution in [2.45, 2.75) is 56.7 Å². The first-order chi connectivity index (χ1) is 6.99. The van der Waals surface area contributed by atoms with Gasteiger partial charge in [-0.15, -0.1) is 0 Å². The molecule has 0 aliphatic carbocycles. The van der Waals surface area contributed by atoms with Gasteiger partial charge in [0.15, 0.2) is 0 Å². The molecule has 1 rings (SSSR count). The van der Waals surface area contributed by atoms with E-state index >= 15 is 0 Å². The van der Waals surface area contributed by atoms with E-state index in [9.17, 15) is 8.78 Å². The summed E-state index contributed by atoms with van der Waals surface area (Å²) in [5.74, 6) is 4.73. The molecular formula is C10H19ClF2N2O. The number of hydrazine groups is 1. The fourth-order valence-electron chi connectivity index (χ4n) is 2.56. The van der Waals surface area contributed by atoms with Crippen molar-refractivity contribution >= 4 is 11.6 Å². The maximum absolute atomic E-state index is 13.2. The average Bonchev–Trinajstić information content (AvgIpc) is 2.17. The molecule has 96 valence electrons. The molecule has 0 bridgehead atoms. The molecular weight excluding hydrogens is 238 g/mol. The number of halogens is 3. The van der Waals surface area contributed by atoms with Gasteiger partial charge in [0.2, 0.25) is 0 Å². The van der Waals surface area contributed by atoms with Crippen LogP contribution < -0.4 is 11.3 Å². The van der Waals surface area contributed by atoms with Gasteiger partial charge < -0.3 is 4.74 Å². The Balaban J connectivity index is 2.95. The van der Waals surface area contributed by atoms with Crippen molar-refractivity contribution in [2.75, 3.05) is 0 Å². The second-order valence-electron chi connectivity index (χ2n) is 5.46. The van der Waals surface area contributed by atoms with Gasteiger partial charge in [-0.1, -0.05) is 0 Å². The van der Waals surface area contributed by atoms with Crippen molar-refractivity contribution in [1.82, 2.24) is 5.43 Å². The Morgan fingerprint density at radius 3 is 2.19 bits per heavy atom. The van der Waals surface area contributed by atoms with Gasteiger partial charge in [0.05, 0.1) is 11.2 Å². The summed E-state index contributed by atoms with van der Waals surface area (Å²) in [7, 11) is 0. The van der Waals surface area contributed by atoms with Crippen molar-refractivity contribution in [3.8, 4) is 0 Å². The van der Waals surface area contributed by atoms with Crippen LogP contribution in [-0.4, -0.2) is 22.6 Å². The fourth-order valence-corrected chi connectivity index (χ4v) is 2.78. The summed E-state index contributed by atoms with van der Waals surface area (Å²) < 4.78 is 32.1. The zero-order valence-corrected chi connectivity index (χ0v) is 10.7. The predicted molar refractivity (Wildman–Crippen MR) is 59.3 cm³/mol. The Hall–Kier alpha value is 0.0300. The molecule has 3 nitrogen and oxygen atoms in total. The van der Waals surface area contributed by atoms with Crippen molar-refractivity contribution in [1.29, 1.82) is 0 Å². The number of alkyl halides is 3. The normalized spacial score (nSPS) is 30.4. The molecule has 2 atom stereocenters. The summed E-state index contributed by atoms with van der Waals surface area (Å²) in [4.78, 5) is 0. The van der Waals surface area contributed by atoms with Crippen LogP contribution in [0.4, 0.5) is 8.78 Å². The molecule has 0 aromatic heterocycles. The lowest BCUT2D eigenvalue weighted by Crippen LogP contribution is -2.54. The van der Waals surface area contributed by atoms with E-state index in [2.05, 4.69) is 5.43 Å². The minimum absolute atomic E-state index is 0.439. The molecule has 0 radical (unpaired) electrons.